The van der Waals surface area contributed by atoms with Crippen molar-refractivity contribution in [3.63, 3.8) is 0 Å². The van der Waals surface area contributed by atoms with Crippen LogP contribution < -0.4 is 0 Å². The first-order valence-corrected chi connectivity index (χ1v) is 8.52. The van der Waals surface area contributed by atoms with Crippen LogP contribution in [0.5, 0.6) is 0 Å². The molecule has 4 rings (SSSR count). The summed E-state index contributed by atoms with van der Waals surface area (Å²) in [5.74, 6) is 0.0828. The third-order valence-electron chi connectivity index (χ3n) is 4.76. The van der Waals surface area contributed by atoms with Crippen molar-refractivity contribution in [1.82, 2.24) is 9.78 Å². The summed E-state index contributed by atoms with van der Waals surface area (Å²) in [5, 5.41) is 15.9. The summed E-state index contributed by atoms with van der Waals surface area (Å²) in [7, 11) is 0. The fraction of sp³-hybridized carbons (Fsp3) is 0.200. The maximum absolute atomic E-state index is 12.6. The number of benzene rings is 2. The normalized spacial score (nSPS) is 13.5. The highest BCUT2D eigenvalue weighted by atomic mass is 16.6. The lowest BCUT2D eigenvalue weighted by molar-refractivity contribution is -0.384. The molecule has 0 amide bonds. The second-order valence-corrected chi connectivity index (χ2v) is 6.45. The van der Waals surface area contributed by atoms with Gasteiger partial charge < -0.3 is 0 Å². The van der Waals surface area contributed by atoms with Gasteiger partial charge in [-0.2, -0.15) is 5.10 Å². The van der Waals surface area contributed by atoms with Crippen LogP contribution in [0.3, 0.4) is 0 Å². The molecule has 130 valence electrons. The number of Topliss-reactive ketones (excluding diaryl/α,β-unsaturated/α-hetero) is 1. The van der Waals surface area contributed by atoms with Gasteiger partial charge in [0.2, 0.25) is 0 Å². The second-order valence-electron chi connectivity index (χ2n) is 6.45. The van der Waals surface area contributed by atoms with Crippen molar-refractivity contribution in [3.8, 4) is 16.9 Å². The molecular formula is C20H17N3O3. The molecule has 3 aromatic rings. The van der Waals surface area contributed by atoms with Crippen molar-refractivity contribution in [2.24, 2.45) is 0 Å². The summed E-state index contributed by atoms with van der Waals surface area (Å²) in [6.45, 7) is 1.89. The molecule has 1 aromatic heterocycles. The number of aromatic nitrogens is 2. The third kappa shape index (κ3) is 2.60. The van der Waals surface area contributed by atoms with Crippen LogP contribution in [-0.4, -0.2) is 20.5 Å². The SMILES string of the molecule is Cc1ccc([N+](=O)[O-])cc1-n1nc(-c2ccccc2)c2c1CCCC2=O. The van der Waals surface area contributed by atoms with Crippen LogP contribution in [0.15, 0.2) is 48.5 Å². The van der Waals surface area contributed by atoms with Gasteiger partial charge in [-0.3, -0.25) is 14.9 Å². The highest BCUT2D eigenvalue weighted by Crippen LogP contribution is 2.34. The first kappa shape index (κ1) is 16.2. The molecule has 0 N–H and O–H groups in total. The third-order valence-corrected chi connectivity index (χ3v) is 4.76. The number of nitro benzene ring substituents is 1. The zero-order chi connectivity index (χ0) is 18.3. The van der Waals surface area contributed by atoms with Crippen molar-refractivity contribution in [2.45, 2.75) is 26.2 Å². The lowest BCUT2D eigenvalue weighted by Crippen LogP contribution is -2.13. The summed E-state index contributed by atoms with van der Waals surface area (Å²) in [5.41, 5.74) is 4.54. The number of hydrogen-bond donors (Lipinski definition) is 0. The Morgan fingerprint density at radius 1 is 1.12 bits per heavy atom. The molecule has 1 heterocycles. The van der Waals surface area contributed by atoms with Gasteiger partial charge in [-0.1, -0.05) is 36.4 Å². The zero-order valence-corrected chi connectivity index (χ0v) is 14.3. The smallest absolute Gasteiger partial charge is 0.271 e. The molecule has 0 saturated carbocycles. The molecule has 1 aliphatic carbocycles. The van der Waals surface area contributed by atoms with E-state index >= 15 is 0 Å². The molecule has 0 radical (unpaired) electrons. The van der Waals surface area contributed by atoms with E-state index in [-0.39, 0.29) is 11.5 Å². The van der Waals surface area contributed by atoms with Crippen molar-refractivity contribution >= 4 is 11.5 Å². The van der Waals surface area contributed by atoms with Gasteiger partial charge in [-0.05, 0) is 25.3 Å². The highest BCUT2D eigenvalue weighted by molar-refractivity contribution is 6.03. The first-order chi connectivity index (χ1) is 12.6. The lowest BCUT2D eigenvalue weighted by Gasteiger charge is -2.14. The predicted octanol–water partition coefficient (Wildman–Crippen LogP) is 4.27. The van der Waals surface area contributed by atoms with Gasteiger partial charge in [0.05, 0.1) is 21.9 Å². The van der Waals surface area contributed by atoms with Crippen LogP contribution in [0, 0.1) is 17.0 Å². The average Bonchev–Trinajstić information content (AvgIpc) is 3.03. The number of ketones is 1. The Hall–Kier alpha value is -3.28. The van der Waals surface area contributed by atoms with Crippen LogP contribution in [0.4, 0.5) is 5.69 Å². The fourth-order valence-corrected chi connectivity index (χ4v) is 3.46. The van der Waals surface area contributed by atoms with Gasteiger partial charge >= 0.3 is 0 Å². The van der Waals surface area contributed by atoms with E-state index in [0.717, 1.165) is 29.7 Å². The van der Waals surface area contributed by atoms with Crippen molar-refractivity contribution < 1.29 is 9.72 Å². The van der Waals surface area contributed by atoms with E-state index in [0.29, 0.717) is 23.4 Å². The lowest BCUT2D eigenvalue weighted by atomic mass is 9.92. The summed E-state index contributed by atoms with van der Waals surface area (Å²) in [6.07, 6.45) is 2.00. The van der Waals surface area contributed by atoms with E-state index in [2.05, 4.69) is 0 Å². The largest absolute Gasteiger partial charge is 0.294 e. The average molecular weight is 347 g/mol. The van der Waals surface area contributed by atoms with E-state index in [1.165, 1.54) is 12.1 Å². The van der Waals surface area contributed by atoms with Crippen LogP contribution in [-0.2, 0) is 6.42 Å². The number of hydrogen-bond acceptors (Lipinski definition) is 4. The quantitative estimate of drug-likeness (QED) is 0.523. The van der Waals surface area contributed by atoms with Crippen LogP contribution in [0.2, 0.25) is 0 Å². The number of nitro groups is 1. The molecular weight excluding hydrogens is 330 g/mol. The minimum absolute atomic E-state index is 0.0123. The number of carbonyl (C=O) groups excluding carboxylic acids is 1. The molecule has 0 saturated heterocycles. The maximum atomic E-state index is 12.6. The van der Waals surface area contributed by atoms with Crippen LogP contribution in [0.1, 0.15) is 34.5 Å². The second kappa shape index (κ2) is 6.22. The van der Waals surface area contributed by atoms with E-state index in [1.807, 2.05) is 37.3 Å². The zero-order valence-electron chi connectivity index (χ0n) is 14.3. The summed E-state index contributed by atoms with van der Waals surface area (Å²) in [4.78, 5) is 23.4. The van der Waals surface area contributed by atoms with E-state index in [4.69, 9.17) is 5.10 Å². The Balaban J connectivity index is 1.98. The Morgan fingerprint density at radius 3 is 2.62 bits per heavy atom. The maximum Gasteiger partial charge on any atom is 0.271 e. The Kier molecular flexibility index (Phi) is 3.88. The Bertz CT molecular complexity index is 1020. The summed E-state index contributed by atoms with van der Waals surface area (Å²) in [6, 6.07) is 14.3. The minimum Gasteiger partial charge on any atom is -0.294 e. The Labute approximate surface area is 150 Å². The van der Waals surface area contributed by atoms with E-state index < -0.39 is 4.92 Å². The number of non-ortho nitro benzene ring substituents is 1. The van der Waals surface area contributed by atoms with E-state index in [9.17, 15) is 14.9 Å². The molecule has 6 nitrogen and oxygen atoms in total. The topological polar surface area (TPSA) is 78.0 Å². The van der Waals surface area contributed by atoms with Crippen LogP contribution >= 0.6 is 0 Å². The minimum atomic E-state index is -0.415. The number of aryl methyl sites for hydroxylation is 1. The molecule has 26 heavy (non-hydrogen) atoms. The Morgan fingerprint density at radius 2 is 1.88 bits per heavy atom. The van der Waals surface area contributed by atoms with Gasteiger partial charge in [0.25, 0.3) is 5.69 Å². The molecule has 0 bridgehead atoms. The van der Waals surface area contributed by atoms with Crippen molar-refractivity contribution in [2.75, 3.05) is 0 Å². The van der Waals surface area contributed by atoms with Crippen molar-refractivity contribution in [1.29, 1.82) is 0 Å². The number of fused-ring (bicyclic) bond motifs is 1. The van der Waals surface area contributed by atoms with Gasteiger partial charge in [0.15, 0.2) is 5.78 Å². The molecule has 6 heteroatoms. The first-order valence-electron chi connectivity index (χ1n) is 8.52. The number of rotatable bonds is 3. The van der Waals surface area contributed by atoms with Crippen LogP contribution in [0.25, 0.3) is 16.9 Å². The monoisotopic (exact) mass is 347 g/mol. The molecule has 0 aliphatic heterocycles. The van der Waals surface area contributed by atoms with Crippen molar-refractivity contribution in [3.05, 3.63) is 75.5 Å². The van der Waals surface area contributed by atoms with Gasteiger partial charge in [-0.15, -0.1) is 0 Å². The highest BCUT2D eigenvalue weighted by Gasteiger charge is 2.29. The standard InChI is InChI=1S/C20H17N3O3/c1-13-10-11-15(23(25)26)12-17(13)22-16-8-5-9-18(24)19(16)20(21-22)14-6-3-2-4-7-14/h2-4,6-7,10-12H,5,8-9H2,1H3. The molecule has 0 unspecified atom stereocenters. The van der Waals surface area contributed by atoms with Gasteiger partial charge in [0.1, 0.15) is 5.69 Å². The fourth-order valence-electron chi connectivity index (χ4n) is 3.46. The molecule has 0 fully saturated rings. The molecule has 2 aromatic carbocycles. The number of carbonyl (C=O) groups is 1. The summed E-state index contributed by atoms with van der Waals surface area (Å²) >= 11 is 0. The molecule has 0 spiro atoms. The van der Waals surface area contributed by atoms with E-state index in [1.54, 1.807) is 10.7 Å². The number of nitrogens with zero attached hydrogens (tertiary/aromatic N) is 3. The summed E-state index contributed by atoms with van der Waals surface area (Å²) < 4.78 is 1.72. The predicted molar refractivity (Wildman–Crippen MR) is 97.7 cm³/mol. The molecule has 0 atom stereocenters. The van der Waals surface area contributed by atoms with Gasteiger partial charge in [-0.25, -0.2) is 4.68 Å². The van der Waals surface area contributed by atoms with Gasteiger partial charge in [0, 0.05) is 24.1 Å². The molecule has 1 aliphatic rings.